The molecule has 0 spiro atoms. The molecule has 1 aliphatic heterocycles. The van der Waals surface area contributed by atoms with Crippen molar-refractivity contribution in [1.29, 1.82) is 0 Å². The first-order valence-electron chi connectivity index (χ1n) is 5.48. The second-order valence-electron chi connectivity index (χ2n) is 4.42. The minimum atomic E-state index is -4.20. The standard InChI is InChI=1S/C12H12F3NO2/c13-12(14,15)5-8-1-3-9(4-2-8)10-6-16(7-10)11(17)18/h1-4,10H,5-7H2,(H,17,18). The Morgan fingerprint density at radius 2 is 1.83 bits per heavy atom. The lowest BCUT2D eigenvalue weighted by molar-refractivity contribution is -0.127. The fraction of sp³-hybridized carbons (Fsp3) is 0.417. The second-order valence-corrected chi connectivity index (χ2v) is 4.42. The molecule has 0 aliphatic carbocycles. The van der Waals surface area contributed by atoms with Crippen LogP contribution < -0.4 is 0 Å². The van der Waals surface area contributed by atoms with Gasteiger partial charge in [0.2, 0.25) is 0 Å². The summed E-state index contributed by atoms with van der Waals surface area (Å²) in [5.41, 5.74) is 1.11. The molecular formula is C12H12F3NO2. The van der Waals surface area contributed by atoms with E-state index in [2.05, 4.69) is 0 Å². The first-order chi connectivity index (χ1) is 8.35. The Morgan fingerprint density at radius 1 is 1.28 bits per heavy atom. The molecule has 0 saturated carbocycles. The molecule has 0 bridgehead atoms. The quantitative estimate of drug-likeness (QED) is 0.887. The van der Waals surface area contributed by atoms with Crippen molar-refractivity contribution in [1.82, 2.24) is 4.90 Å². The van der Waals surface area contributed by atoms with Crippen LogP contribution in [-0.2, 0) is 6.42 Å². The van der Waals surface area contributed by atoms with Crippen LogP contribution >= 0.6 is 0 Å². The molecule has 2 rings (SSSR count). The number of halogens is 3. The van der Waals surface area contributed by atoms with Crippen LogP contribution in [0.3, 0.4) is 0 Å². The average molecular weight is 259 g/mol. The molecular weight excluding hydrogens is 247 g/mol. The summed E-state index contributed by atoms with van der Waals surface area (Å²) in [6, 6.07) is 6.19. The predicted octanol–water partition coefficient (Wildman–Crippen LogP) is 2.87. The highest BCUT2D eigenvalue weighted by Gasteiger charge is 2.32. The summed E-state index contributed by atoms with van der Waals surface area (Å²) >= 11 is 0. The van der Waals surface area contributed by atoms with Gasteiger partial charge in [-0.3, -0.25) is 0 Å². The zero-order chi connectivity index (χ0) is 13.3. The number of hydrogen-bond donors (Lipinski definition) is 1. The number of rotatable bonds is 2. The lowest BCUT2D eigenvalue weighted by Crippen LogP contribution is -2.47. The summed E-state index contributed by atoms with van der Waals surface area (Å²) < 4.78 is 36.4. The number of hydrogen-bond acceptors (Lipinski definition) is 1. The number of alkyl halides is 3. The molecule has 6 heteroatoms. The average Bonchev–Trinajstić information content (AvgIpc) is 2.15. The smallest absolute Gasteiger partial charge is 0.407 e. The van der Waals surface area contributed by atoms with Crippen molar-refractivity contribution in [2.24, 2.45) is 0 Å². The molecule has 1 aliphatic rings. The van der Waals surface area contributed by atoms with Gasteiger partial charge in [-0.2, -0.15) is 13.2 Å². The zero-order valence-electron chi connectivity index (χ0n) is 9.44. The molecule has 1 heterocycles. The number of benzene rings is 1. The van der Waals surface area contributed by atoms with Gasteiger partial charge in [0.25, 0.3) is 0 Å². The van der Waals surface area contributed by atoms with Crippen LogP contribution in [0, 0.1) is 0 Å². The summed E-state index contributed by atoms with van der Waals surface area (Å²) in [7, 11) is 0. The third-order valence-electron chi connectivity index (χ3n) is 3.01. The normalized spacial score (nSPS) is 16.5. The monoisotopic (exact) mass is 259 g/mol. The number of carboxylic acid groups (broad SMARTS) is 1. The minimum absolute atomic E-state index is 0.0982. The number of amides is 1. The van der Waals surface area contributed by atoms with Gasteiger partial charge < -0.3 is 10.0 Å². The molecule has 0 aromatic heterocycles. The molecule has 1 saturated heterocycles. The maximum absolute atomic E-state index is 12.1. The van der Waals surface area contributed by atoms with Crippen molar-refractivity contribution >= 4 is 6.09 Å². The highest BCUT2D eigenvalue weighted by atomic mass is 19.4. The van der Waals surface area contributed by atoms with Crippen LogP contribution in [0.2, 0.25) is 0 Å². The first-order valence-corrected chi connectivity index (χ1v) is 5.48. The fourth-order valence-electron chi connectivity index (χ4n) is 1.98. The Bertz CT molecular complexity index is 436. The van der Waals surface area contributed by atoms with Gasteiger partial charge in [0.1, 0.15) is 0 Å². The molecule has 1 aromatic rings. The topological polar surface area (TPSA) is 40.5 Å². The summed E-state index contributed by atoms with van der Waals surface area (Å²) in [6.45, 7) is 0.821. The fourth-order valence-corrected chi connectivity index (χ4v) is 1.98. The Labute approximate surface area is 102 Å². The van der Waals surface area contributed by atoms with Crippen LogP contribution in [0.4, 0.5) is 18.0 Å². The molecule has 98 valence electrons. The van der Waals surface area contributed by atoms with Crippen molar-refractivity contribution in [3.05, 3.63) is 35.4 Å². The van der Waals surface area contributed by atoms with Gasteiger partial charge in [0.15, 0.2) is 0 Å². The van der Waals surface area contributed by atoms with E-state index in [1.807, 2.05) is 0 Å². The van der Waals surface area contributed by atoms with E-state index in [1.54, 1.807) is 12.1 Å². The third-order valence-corrected chi connectivity index (χ3v) is 3.01. The van der Waals surface area contributed by atoms with E-state index in [0.717, 1.165) is 5.56 Å². The molecule has 0 atom stereocenters. The van der Waals surface area contributed by atoms with E-state index in [9.17, 15) is 18.0 Å². The van der Waals surface area contributed by atoms with Gasteiger partial charge in [-0.25, -0.2) is 4.79 Å². The van der Waals surface area contributed by atoms with Crippen molar-refractivity contribution in [3.63, 3.8) is 0 Å². The van der Waals surface area contributed by atoms with Crippen LogP contribution in [0.1, 0.15) is 17.0 Å². The highest BCUT2D eigenvalue weighted by molar-refractivity contribution is 5.66. The van der Waals surface area contributed by atoms with Gasteiger partial charge in [-0.15, -0.1) is 0 Å². The van der Waals surface area contributed by atoms with Crippen LogP contribution in [0.5, 0.6) is 0 Å². The van der Waals surface area contributed by atoms with Gasteiger partial charge in [0, 0.05) is 19.0 Å². The van der Waals surface area contributed by atoms with Gasteiger partial charge in [-0.1, -0.05) is 24.3 Å². The number of likely N-dealkylation sites (tertiary alicyclic amines) is 1. The summed E-state index contributed by atoms with van der Waals surface area (Å²) in [4.78, 5) is 11.8. The molecule has 3 nitrogen and oxygen atoms in total. The largest absolute Gasteiger partial charge is 0.465 e. The maximum atomic E-state index is 12.1. The van der Waals surface area contributed by atoms with E-state index in [0.29, 0.717) is 13.1 Å². The van der Waals surface area contributed by atoms with Crippen LogP contribution in [0.15, 0.2) is 24.3 Å². The second kappa shape index (κ2) is 4.51. The molecule has 1 aromatic carbocycles. The van der Waals surface area contributed by atoms with E-state index in [4.69, 9.17) is 5.11 Å². The Kier molecular flexibility index (Phi) is 3.19. The molecule has 1 amide bonds. The van der Waals surface area contributed by atoms with Crippen LogP contribution in [-0.4, -0.2) is 35.4 Å². The van der Waals surface area contributed by atoms with Gasteiger partial charge in [0.05, 0.1) is 6.42 Å². The Morgan fingerprint density at radius 3 is 2.28 bits per heavy atom. The van der Waals surface area contributed by atoms with E-state index in [-0.39, 0.29) is 11.5 Å². The lowest BCUT2D eigenvalue weighted by atomic mass is 9.91. The van der Waals surface area contributed by atoms with E-state index >= 15 is 0 Å². The summed E-state index contributed by atoms with van der Waals surface area (Å²) in [5, 5.41) is 8.67. The van der Waals surface area contributed by atoms with Crippen molar-refractivity contribution in [2.75, 3.05) is 13.1 Å². The zero-order valence-corrected chi connectivity index (χ0v) is 9.44. The Balaban J connectivity index is 1.95. The van der Waals surface area contributed by atoms with Gasteiger partial charge in [-0.05, 0) is 11.1 Å². The highest BCUT2D eigenvalue weighted by Crippen LogP contribution is 2.28. The van der Waals surface area contributed by atoms with Gasteiger partial charge >= 0.3 is 12.3 Å². The first kappa shape index (κ1) is 12.7. The van der Waals surface area contributed by atoms with Crippen molar-refractivity contribution in [3.8, 4) is 0 Å². The van der Waals surface area contributed by atoms with Crippen molar-refractivity contribution < 1.29 is 23.1 Å². The van der Waals surface area contributed by atoms with Crippen LogP contribution in [0.25, 0.3) is 0 Å². The Hall–Kier alpha value is -1.72. The molecule has 0 radical (unpaired) electrons. The molecule has 18 heavy (non-hydrogen) atoms. The SMILES string of the molecule is O=C(O)N1CC(c2ccc(CC(F)(F)F)cc2)C1. The predicted molar refractivity (Wildman–Crippen MR) is 58.5 cm³/mol. The minimum Gasteiger partial charge on any atom is -0.465 e. The molecule has 1 N–H and O–H groups in total. The van der Waals surface area contributed by atoms with E-state index < -0.39 is 18.7 Å². The summed E-state index contributed by atoms with van der Waals surface area (Å²) in [6.07, 6.45) is -6.09. The van der Waals surface area contributed by atoms with Crippen molar-refractivity contribution in [2.45, 2.75) is 18.5 Å². The lowest BCUT2D eigenvalue weighted by Gasteiger charge is -2.37. The third kappa shape index (κ3) is 2.94. The summed E-state index contributed by atoms with van der Waals surface area (Å²) in [5.74, 6) is 0.0982. The molecule has 1 fully saturated rings. The molecule has 0 unspecified atom stereocenters. The maximum Gasteiger partial charge on any atom is 0.407 e. The number of carbonyl (C=O) groups is 1. The van der Waals surface area contributed by atoms with E-state index in [1.165, 1.54) is 17.0 Å². The number of nitrogens with zero attached hydrogens (tertiary/aromatic N) is 1.